The first kappa shape index (κ1) is 16.2. The number of aliphatic carboxylic acids is 1. The fourth-order valence-electron chi connectivity index (χ4n) is 6.91. The first-order valence-electron chi connectivity index (χ1n) is 9.38. The molecule has 4 aliphatic rings. The van der Waals surface area contributed by atoms with E-state index in [2.05, 4.69) is 20.4 Å². The standard InChI is InChI=1S/C20H28O4/c1-12-13-5-6-15-19(11-13,24-16(12)21)10-7-14-18(2,3)8-4-9-20(14,15)17(22)23/h13-15H,1,4-11H2,2-3H3,(H,22,23). The van der Waals surface area contributed by atoms with Crippen LogP contribution >= 0.6 is 0 Å². The van der Waals surface area contributed by atoms with Gasteiger partial charge in [-0.05, 0) is 62.2 Å². The van der Waals surface area contributed by atoms with E-state index in [4.69, 9.17) is 4.74 Å². The molecule has 4 fully saturated rings. The highest BCUT2D eigenvalue weighted by molar-refractivity contribution is 5.90. The minimum atomic E-state index is -0.732. The SMILES string of the molecule is C=C1C(=O)OC23CCC4C(C)(C)CCCC4(C(=O)O)C2CCC1C3. The normalized spacial score (nSPS) is 46.5. The summed E-state index contributed by atoms with van der Waals surface area (Å²) in [6, 6.07) is 0. The maximum absolute atomic E-state index is 12.6. The molecule has 1 N–H and O–H groups in total. The summed E-state index contributed by atoms with van der Waals surface area (Å²) in [5, 5.41) is 10.3. The van der Waals surface area contributed by atoms with Gasteiger partial charge in [0.2, 0.25) is 0 Å². The van der Waals surface area contributed by atoms with Crippen LogP contribution < -0.4 is 0 Å². The summed E-state index contributed by atoms with van der Waals surface area (Å²) >= 11 is 0. The minimum Gasteiger partial charge on any atom is -0.481 e. The van der Waals surface area contributed by atoms with Crippen LogP contribution in [0.5, 0.6) is 0 Å². The molecule has 1 saturated heterocycles. The molecular weight excluding hydrogens is 304 g/mol. The van der Waals surface area contributed by atoms with Crippen LogP contribution in [-0.2, 0) is 14.3 Å². The van der Waals surface area contributed by atoms with Gasteiger partial charge in [-0.1, -0.05) is 26.8 Å². The Hall–Kier alpha value is -1.32. The van der Waals surface area contributed by atoms with Crippen LogP contribution in [0.1, 0.15) is 65.2 Å². The third-order valence-electron chi connectivity index (χ3n) is 7.93. The van der Waals surface area contributed by atoms with Gasteiger partial charge >= 0.3 is 11.9 Å². The number of carboxylic acid groups (broad SMARTS) is 1. The number of hydrogen-bond donors (Lipinski definition) is 1. The van der Waals surface area contributed by atoms with Gasteiger partial charge in [0, 0.05) is 11.5 Å². The van der Waals surface area contributed by atoms with E-state index in [1.165, 1.54) is 0 Å². The van der Waals surface area contributed by atoms with Crippen LogP contribution in [0.2, 0.25) is 0 Å². The quantitative estimate of drug-likeness (QED) is 0.583. The largest absolute Gasteiger partial charge is 0.481 e. The second-order valence-corrected chi connectivity index (χ2v) is 9.29. The van der Waals surface area contributed by atoms with Gasteiger partial charge < -0.3 is 9.84 Å². The van der Waals surface area contributed by atoms with Crippen molar-refractivity contribution in [1.29, 1.82) is 0 Å². The van der Waals surface area contributed by atoms with Gasteiger partial charge in [0.05, 0.1) is 5.41 Å². The van der Waals surface area contributed by atoms with E-state index in [-0.39, 0.29) is 29.1 Å². The Bertz CT molecular complexity index is 621. The maximum Gasteiger partial charge on any atom is 0.334 e. The van der Waals surface area contributed by atoms with Gasteiger partial charge in [0.15, 0.2) is 0 Å². The summed E-state index contributed by atoms with van der Waals surface area (Å²) in [5.41, 5.74) is -0.667. The van der Waals surface area contributed by atoms with Crippen molar-refractivity contribution in [2.75, 3.05) is 0 Å². The summed E-state index contributed by atoms with van der Waals surface area (Å²) in [5.74, 6) is -0.642. The fraction of sp³-hybridized carbons (Fsp3) is 0.800. The zero-order chi connectivity index (χ0) is 17.3. The Kier molecular flexibility index (Phi) is 3.27. The number of carbonyl (C=O) groups excluding carboxylic acids is 1. The summed E-state index contributed by atoms with van der Waals surface area (Å²) in [7, 11) is 0. The topological polar surface area (TPSA) is 63.6 Å². The first-order valence-corrected chi connectivity index (χ1v) is 9.38. The van der Waals surface area contributed by atoms with Crippen molar-refractivity contribution in [2.45, 2.75) is 70.8 Å². The Morgan fingerprint density at radius 2 is 1.92 bits per heavy atom. The third-order valence-corrected chi connectivity index (χ3v) is 7.93. The number of fused-ring (bicyclic) bond motifs is 3. The molecule has 1 heterocycles. The van der Waals surface area contributed by atoms with Crippen molar-refractivity contribution in [3.63, 3.8) is 0 Å². The molecule has 0 radical (unpaired) electrons. The molecule has 132 valence electrons. The lowest BCUT2D eigenvalue weighted by atomic mass is 9.42. The molecule has 3 saturated carbocycles. The van der Waals surface area contributed by atoms with E-state index in [9.17, 15) is 14.7 Å². The van der Waals surface area contributed by atoms with Gasteiger partial charge in [-0.3, -0.25) is 4.79 Å². The monoisotopic (exact) mass is 332 g/mol. The Balaban J connectivity index is 1.81. The number of ether oxygens (including phenoxy) is 1. The van der Waals surface area contributed by atoms with Gasteiger partial charge in [-0.25, -0.2) is 4.79 Å². The van der Waals surface area contributed by atoms with Gasteiger partial charge in [0.25, 0.3) is 0 Å². The van der Waals surface area contributed by atoms with E-state index in [0.29, 0.717) is 5.57 Å². The first-order chi connectivity index (χ1) is 11.2. The molecule has 24 heavy (non-hydrogen) atoms. The molecule has 3 aliphatic carbocycles. The van der Waals surface area contributed by atoms with Crippen molar-refractivity contribution in [3.8, 4) is 0 Å². The summed E-state index contributed by atoms with van der Waals surface area (Å²) in [6.07, 6.45) is 6.94. The molecule has 0 amide bonds. The highest BCUT2D eigenvalue weighted by atomic mass is 16.6. The van der Waals surface area contributed by atoms with Crippen LogP contribution in [-0.4, -0.2) is 22.6 Å². The fourth-order valence-corrected chi connectivity index (χ4v) is 6.91. The zero-order valence-electron chi connectivity index (χ0n) is 14.8. The number of carbonyl (C=O) groups is 2. The number of hydrogen-bond acceptors (Lipinski definition) is 3. The van der Waals surface area contributed by atoms with Crippen LogP contribution in [0.25, 0.3) is 0 Å². The van der Waals surface area contributed by atoms with Gasteiger partial charge in [0.1, 0.15) is 5.60 Å². The predicted octanol–water partition coefficient (Wildman–Crippen LogP) is 3.95. The maximum atomic E-state index is 12.6. The lowest BCUT2D eigenvalue weighted by Gasteiger charge is -2.64. The molecular formula is C20H28O4. The van der Waals surface area contributed by atoms with Gasteiger partial charge in [-0.15, -0.1) is 0 Å². The van der Waals surface area contributed by atoms with E-state index < -0.39 is 17.0 Å². The number of carboxylic acids is 1. The van der Waals surface area contributed by atoms with Crippen molar-refractivity contribution in [1.82, 2.24) is 0 Å². The highest BCUT2D eigenvalue weighted by Crippen LogP contribution is 2.67. The van der Waals surface area contributed by atoms with Crippen LogP contribution in [0.4, 0.5) is 0 Å². The Morgan fingerprint density at radius 3 is 2.62 bits per heavy atom. The van der Waals surface area contributed by atoms with Gasteiger partial charge in [-0.2, -0.15) is 0 Å². The molecule has 4 heteroatoms. The molecule has 0 aromatic rings. The van der Waals surface area contributed by atoms with Crippen LogP contribution in [0.15, 0.2) is 12.2 Å². The molecule has 5 atom stereocenters. The van der Waals surface area contributed by atoms with E-state index in [1.807, 2.05) is 0 Å². The smallest absolute Gasteiger partial charge is 0.334 e. The number of esters is 1. The molecule has 0 aromatic carbocycles. The summed E-state index contributed by atoms with van der Waals surface area (Å²) in [6.45, 7) is 8.37. The summed E-state index contributed by atoms with van der Waals surface area (Å²) < 4.78 is 5.95. The summed E-state index contributed by atoms with van der Waals surface area (Å²) in [4.78, 5) is 24.9. The van der Waals surface area contributed by atoms with E-state index in [1.54, 1.807) is 0 Å². The van der Waals surface area contributed by atoms with Crippen molar-refractivity contribution in [2.24, 2.45) is 28.6 Å². The average Bonchev–Trinajstić information content (AvgIpc) is 2.51. The van der Waals surface area contributed by atoms with Crippen LogP contribution in [0.3, 0.4) is 0 Å². The van der Waals surface area contributed by atoms with E-state index in [0.717, 1.165) is 51.4 Å². The molecule has 2 bridgehead atoms. The second-order valence-electron chi connectivity index (χ2n) is 9.29. The number of rotatable bonds is 1. The zero-order valence-corrected chi connectivity index (χ0v) is 14.8. The highest BCUT2D eigenvalue weighted by Gasteiger charge is 2.69. The molecule has 5 unspecified atom stereocenters. The molecule has 0 aromatic heterocycles. The second kappa shape index (κ2) is 4.86. The van der Waals surface area contributed by atoms with Crippen LogP contribution in [0, 0.1) is 28.6 Å². The predicted molar refractivity (Wildman–Crippen MR) is 89.2 cm³/mol. The lowest BCUT2D eigenvalue weighted by Crippen LogP contribution is -2.66. The average molecular weight is 332 g/mol. The lowest BCUT2D eigenvalue weighted by molar-refractivity contribution is -0.235. The Labute approximate surface area is 143 Å². The van der Waals surface area contributed by atoms with Crippen molar-refractivity contribution >= 4 is 11.9 Å². The Morgan fingerprint density at radius 1 is 1.17 bits per heavy atom. The molecule has 4 nitrogen and oxygen atoms in total. The van der Waals surface area contributed by atoms with Crippen molar-refractivity contribution < 1.29 is 19.4 Å². The molecule has 1 spiro atoms. The molecule has 4 rings (SSSR count). The minimum absolute atomic E-state index is 0.0391. The third kappa shape index (κ3) is 1.86. The van der Waals surface area contributed by atoms with E-state index >= 15 is 0 Å². The van der Waals surface area contributed by atoms with Crippen molar-refractivity contribution in [3.05, 3.63) is 12.2 Å². The molecule has 1 aliphatic heterocycles.